The monoisotopic (exact) mass is 393 g/mol. The first-order valence-corrected chi connectivity index (χ1v) is 11.2. The van der Waals surface area contributed by atoms with Gasteiger partial charge in [0, 0.05) is 25.7 Å². The Kier molecular flexibility index (Phi) is 6.73. The average molecular weight is 394 g/mol. The van der Waals surface area contributed by atoms with Crippen LogP contribution < -0.4 is 0 Å². The van der Waals surface area contributed by atoms with Gasteiger partial charge in [-0.15, -0.1) is 0 Å². The van der Waals surface area contributed by atoms with Crippen molar-refractivity contribution in [2.24, 2.45) is 5.92 Å². The molecule has 4 aliphatic rings. The first-order chi connectivity index (χ1) is 13.7. The van der Waals surface area contributed by atoms with Gasteiger partial charge in [0.05, 0.1) is 12.6 Å². The van der Waals surface area contributed by atoms with Gasteiger partial charge in [0.15, 0.2) is 0 Å². The third-order valence-corrected chi connectivity index (χ3v) is 6.94. The molecule has 3 saturated heterocycles. The third-order valence-electron chi connectivity index (χ3n) is 6.94. The van der Waals surface area contributed by atoms with Crippen molar-refractivity contribution in [1.82, 2.24) is 14.7 Å². The van der Waals surface area contributed by atoms with Crippen LogP contribution in [0.25, 0.3) is 0 Å². The Morgan fingerprint density at radius 1 is 0.964 bits per heavy atom. The zero-order valence-corrected chi connectivity index (χ0v) is 17.0. The molecule has 0 aromatic heterocycles. The molecule has 4 fully saturated rings. The molecule has 2 amide bonds. The highest BCUT2D eigenvalue weighted by atomic mass is 16.6. The molecule has 0 aromatic carbocycles. The number of likely N-dealkylation sites (tertiary alicyclic amines) is 1. The van der Waals surface area contributed by atoms with E-state index in [2.05, 4.69) is 4.90 Å². The van der Waals surface area contributed by atoms with Crippen molar-refractivity contribution in [3.63, 3.8) is 0 Å². The van der Waals surface area contributed by atoms with E-state index in [1.54, 1.807) is 0 Å². The standard InChI is InChI=1S/C21H35N3O4/c25-20(16-23-11-13-28-21(23)26)24(15-19-6-3-12-27-19)14-17-7-9-22(10-8-17)18-4-1-2-5-18/h17-19H,1-16H2/t19-/m1/s1. The van der Waals surface area contributed by atoms with Crippen LogP contribution in [0.15, 0.2) is 0 Å². The van der Waals surface area contributed by atoms with E-state index in [-0.39, 0.29) is 24.6 Å². The van der Waals surface area contributed by atoms with Crippen LogP contribution in [0.4, 0.5) is 4.79 Å². The largest absolute Gasteiger partial charge is 0.448 e. The van der Waals surface area contributed by atoms with Gasteiger partial charge in [-0.3, -0.25) is 9.69 Å². The van der Waals surface area contributed by atoms with E-state index >= 15 is 0 Å². The van der Waals surface area contributed by atoms with E-state index in [0.717, 1.165) is 58.0 Å². The molecule has 1 aliphatic carbocycles. The number of cyclic esters (lactones) is 1. The summed E-state index contributed by atoms with van der Waals surface area (Å²) in [5, 5.41) is 0. The van der Waals surface area contributed by atoms with E-state index in [1.165, 1.54) is 30.6 Å². The minimum atomic E-state index is -0.365. The number of carbonyl (C=O) groups excluding carboxylic acids is 2. The number of nitrogens with zero attached hydrogens (tertiary/aromatic N) is 3. The summed E-state index contributed by atoms with van der Waals surface area (Å²) >= 11 is 0. The second kappa shape index (κ2) is 9.44. The first kappa shape index (κ1) is 20.0. The van der Waals surface area contributed by atoms with Crippen LogP contribution in [-0.2, 0) is 14.3 Å². The zero-order valence-electron chi connectivity index (χ0n) is 17.0. The number of hydrogen-bond donors (Lipinski definition) is 0. The summed E-state index contributed by atoms with van der Waals surface area (Å²) < 4.78 is 10.8. The first-order valence-electron chi connectivity index (χ1n) is 11.2. The number of rotatable bonds is 7. The molecule has 3 heterocycles. The van der Waals surface area contributed by atoms with Gasteiger partial charge in [-0.25, -0.2) is 4.79 Å². The van der Waals surface area contributed by atoms with Crippen LogP contribution in [0, 0.1) is 5.92 Å². The molecule has 1 atom stereocenters. The van der Waals surface area contributed by atoms with Gasteiger partial charge >= 0.3 is 6.09 Å². The maximum absolute atomic E-state index is 13.0. The SMILES string of the molecule is O=C(CN1CCOC1=O)N(CC1CCN(C2CCCC2)CC1)C[C@H]1CCCO1. The van der Waals surface area contributed by atoms with Gasteiger partial charge in [0.2, 0.25) is 5.91 Å². The molecule has 0 N–H and O–H groups in total. The minimum Gasteiger partial charge on any atom is -0.448 e. The maximum atomic E-state index is 13.0. The number of piperidine rings is 1. The molecule has 0 spiro atoms. The molecule has 0 unspecified atom stereocenters. The molecule has 4 rings (SSSR count). The highest BCUT2D eigenvalue weighted by Crippen LogP contribution is 2.28. The third kappa shape index (κ3) is 4.98. The summed E-state index contributed by atoms with van der Waals surface area (Å²) in [5.41, 5.74) is 0. The molecular formula is C21H35N3O4. The van der Waals surface area contributed by atoms with Gasteiger partial charge in [-0.2, -0.15) is 0 Å². The van der Waals surface area contributed by atoms with E-state index in [1.807, 2.05) is 4.90 Å². The summed E-state index contributed by atoms with van der Waals surface area (Å²) in [6, 6.07) is 0.798. The molecule has 7 heteroatoms. The van der Waals surface area contributed by atoms with Crippen LogP contribution >= 0.6 is 0 Å². The predicted molar refractivity (Wildman–Crippen MR) is 105 cm³/mol. The number of hydrogen-bond acceptors (Lipinski definition) is 5. The topological polar surface area (TPSA) is 62.3 Å². The molecule has 7 nitrogen and oxygen atoms in total. The van der Waals surface area contributed by atoms with Crippen molar-refractivity contribution >= 4 is 12.0 Å². The smallest absolute Gasteiger partial charge is 0.410 e. The summed E-state index contributed by atoms with van der Waals surface area (Å²) in [4.78, 5) is 30.9. The normalized spacial score (nSPS) is 27.5. The van der Waals surface area contributed by atoms with Crippen LogP contribution in [0.2, 0.25) is 0 Å². The second-order valence-corrected chi connectivity index (χ2v) is 8.89. The quantitative estimate of drug-likeness (QED) is 0.663. The zero-order chi connectivity index (χ0) is 19.3. The summed E-state index contributed by atoms with van der Waals surface area (Å²) in [6.07, 6.45) is 9.69. The molecular weight excluding hydrogens is 358 g/mol. The Hall–Kier alpha value is -1.34. The van der Waals surface area contributed by atoms with Gasteiger partial charge in [0.1, 0.15) is 13.2 Å². The molecule has 3 aliphatic heterocycles. The Balaban J connectivity index is 1.30. The molecule has 28 heavy (non-hydrogen) atoms. The molecule has 0 bridgehead atoms. The second-order valence-electron chi connectivity index (χ2n) is 8.89. The maximum Gasteiger partial charge on any atom is 0.410 e. The molecule has 0 radical (unpaired) electrons. The van der Waals surface area contributed by atoms with E-state index in [9.17, 15) is 9.59 Å². The number of carbonyl (C=O) groups is 2. The van der Waals surface area contributed by atoms with E-state index in [0.29, 0.717) is 25.6 Å². The number of amides is 2. The lowest BCUT2D eigenvalue weighted by molar-refractivity contribution is -0.134. The van der Waals surface area contributed by atoms with Crippen LogP contribution in [0.5, 0.6) is 0 Å². The van der Waals surface area contributed by atoms with Gasteiger partial charge < -0.3 is 19.3 Å². The van der Waals surface area contributed by atoms with Gasteiger partial charge in [0.25, 0.3) is 0 Å². The average Bonchev–Trinajstić information content (AvgIpc) is 3.46. The van der Waals surface area contributed by atoms with Gasteiger partial charge in [-0.1, -0.05) is 12.8 Å². The molecule has 0 aromatic rings. The highest BCUT2D eigenvalue weighted by molar-refractivity contribution is 5.83. The lowest BCUT2D eigenvalue weighted by Crippen LogP contribution is -2.48. The fraction of sp³-hybridized carbons (Fsp3) is 0.905. The van der Waals surface area contributed by atoms with Crippen molar-refractivity contribution in [2.45, 2.75) is 63.5 Å². The van der Waals surface area contributed by atoms with Crippen molar-refractivity contribution < 1.29 is 19.1 Å². The summed E-state index contributed by atoms with van der Waals surface area (Å²) in [6.45, 7) is 5.60. The Labute approximate surface area is 168 Å². The molecule has 1 saturated carbocycles. The minimum absolute atomic E-state index is 0.0348. The van der Waals surface area contributed by atoms with Crippen molar-refractivity contribution in [2.75, 3.05) is 52.5 Å². The molecule has 158 valence electrons. The lowest BCUT2D eigenvalue weighted by Gasteiger charge is -2.38. The van der Waals surface area contributed by atoms with E-state index in [4.69, 9.17) is 9.47 Å². The summed E-state index contributed by atoms with van der Waals surface area (Å²) in [7, 11) is 0. The van der Waals surface area contributed by atoms with E-state index < -0.39 is 0 Å². The lowest BCUT2D eigenvalue weighted by atomic mass is 9.94. The van der Waals surface area contributed by atoms with Crippen LogP contribution in [0.1, 0.15) is 51.4 Å². The Morgan fingerprint density at radius 3 is 2.39 bits per heavy atom. The van der Waals surface area contributed by atoms with Crippen LogP contribution in [-0.4, -0.2) is 91.3 Å². The van der Waals surface area contributed by atoms with Crippen molar-refractivity contribution in [1.29, 1.82) is 0 Å². The summed E-state index contributed by atoms with van der Waals surface area (Å²) in [5.74, 6) is 0.584. The van der Waals surface area contributed by atoms with Gasteiger partial charge in [-0.05, 0) is 57.5 Å². The van der Waals surface area contributed by atoms with Crippen molar-refractivity contribution in [3.05, 3.63) is 0 Å². The van der Waals surface area contributed by atoms with Crippen molar-refractivity contribution in [3.8, 4) is 0 Å². The Morgan fingerprint density at radius 2 is 1.75 bits per heavy atom. The fourth-order valence-corrected chi connectivity index (χ4v) is 5.23. The Bertz CT molecular complexity index is 538. The highest BCUT2D eigenvalue weighted by Gasteiger charge is 2.32. The van der Waals surface area contributed by atoms with Crippen LogP contribution in [0.3, 0.4) is 0 Å². The predicted octanol–water partition coefficient (Wildman–Crippen LogP) is 2.10. The number of ether oxygens (including phenoxy) is 2. The fourth-order valence-electron chi connectivity index (χ4n) is 5.23.